The number of unbranched alkanes of at least 4 members (excludes halogenated alkanes) is 10. The maximum absolute atomic E-state index is 12.2. The van der Waals surface area contributed by atoms with Crippen LogP contribution < -0.4 is 10.5 Å². The molecule has 0 amide bonds. The van der Waals surface area contributed by atoms with E-state index in [1.807, 2.05) is 31.2 Å². The molecule has 0 aromatic heterocycles. The molecule has 3 N–H and O–H groups in total. The van der Waals surface area contributed by atoms with Crippen molar-refractivity contribution in [3.05, 3.63) is 29.8 Å². The molecule has 0 saturated heterocycles. The molecule has 1 rings (SSSR count). The van der Waals surface area contributed by atoms with Crippen LogP contribution in [0, 0.1) is 5.92 Å². The molecular formula is C29H52NO6P. The normalized spacial score (nSPS) is 14.7. The van der Waals surface area contributed by atoms with Gasteiger partial charge in [-0.3, -0.25) is 13.8 Å². The smallest absolute Gasteiger partial charge is 0.472 e. The Bertz CT molecular complexity index is 775. The Morgan fingerprint density at radius 1 is 1.00 bits per heavy atom. The molecule has 1 aromatic carbocycles. The van der Waals surface area contributed by atoms with Crippen molar-refractivity contribution in [1.29, 1.82) is 0 Å². The Hall–Kier alpha value is -1.24. The average Bonchev–Trinajstić information content (AvgIpc) is 2.87. The van der Waals surface area contributed by atoms with Gasteiger partial charge in [0.05, 0.1) is 19.3 Å². The number of benzene rings is 1. The van der Waals surface area contributed by atoms with Crippen LogP contribution in [0.2, 0.25) is 0 Å². The average molecular weight is 542 g/mol. The monoisotopic (exact) mass is 541 g/mol. The summed E-state index contributed by atoms with van der Waals surface area (Å²) in [4.78, 5) is 22.1. The Morgan fingerprint density at radius 2 is 1.62 bits per heavy atom. The summed E-state index contributed by atoms with van der Waals surface area (Å²) in [6.45, 7) is 6.41. The predicted octanol–water partition coefficient (Wildman–Crippen LogP) is 7.39. The topological polar surface area (TPSA) is 108 Å². The Kier molecular flexibility index (Phi) is 18.9. The second-order valence-corrected chi connectivity index (χ2v) is 11.5. The lowest BCUT2D eigenvalue weighted by atomic mass is 9.94. The third-order valence-corrected chi connectivity index (χ3v) is 7.57. The van der Waals surface area contributed by atoms with Gasteiger partial charge in [-0.1, -0.05) is 90.2 Å². The minimum Gasteiger partial charge on any atom is -0.494 e. The van der Waals surface area contributed by atoms with Crippen molar-refractivity contribution in [3.8, 4) is 5.75 Å². The summed E-state index contributed by atoms with van der Waals surface area (Å²) in [7, 11) is -4.24. The van der Waals surface area contributed by atoms with Gasteiger partial charge in [0.1, 0.15) is 11.5 Å². The molecule has 0 saturated carbocycles. The van der Waals surface area contributed by atoms with Crippen molar-refractivity contribution in [2.24, 2.45) is 11.7 Å². The van der Waals surface area contributed by atoms with Gasteiger partial charge in [0.15, 0.2) is 0 Å². The largest absolute Gasteiger partial charge is 0.494 e. The van der Waals surface area contributed by atoms with Gasteiger partial charge in [-0.25, -0.2) is 4.57 Å². The number of Topliss-reactive ketones (excluding diaryl/α,β-unsaturated/α-hetero) is 1. The Labute approximate surface area is 225 Å². The van der Waals surface area contributed by atoms with Crippen LogP contribution in [0.5, 0.6) is 5.75 Å². The van der Waals surface area contributed by atoms with E-state index in [2.05, 4.69) is 6.92 Å². The number of hydrogen-bond acceptors (Lipinski definition) is 6. The van der Waals surface area contributed by atoms with Gasteiger partial charge in [-0.05, 0) is 43.4 Å². The molecule has 214 valence electrons. The molecule has 0 spiro atoms. The van der Waals surface area contributed by atoms with Crippen LogP contribution in [-0.4, -0.2) is 36.5 Å². The van der Waals surface area contributed by atoms with Crippen LogP contribution in [0.25, 0.3) is 0 Å². The van der Waals surface area contributed by atoms with Gasteiger partial charge < -0.3 is 15.4 Å². The molecule has 8 heteroatoms. The van der Waals surface area contributed by atoms with Gasteiger partial charge in [0, 0.05) is 19.4 Å². The molecule has 0 bridgehead atoms. The zero-order valence-electron chi connectivity index (χ0n) is 23.5. The lowest BCUT2D eigenvalue weighted by Gasteiger charge is -2.20. The van der Waals surface area contributed by atoms with E-state index in [1.54, 1.807) is 6.92 Å². The number of rotatable bonds is 24. The lowest BCUT2D eigenvalue weighted by molar-refractivity contribution is -0.120. The Balaban J connectivity index is 2.41. The first-order valence-electron chi connectivity index (χ1n) is 14.4. The molecule has 0 aliphatic heterocycles. The maximum atomic E-state index is 12.2. The van der Waals surface area contributed by atoms with Crippen LogP contribution in [0.15, 0.2) is 24.3 Å². The maximum Gasteiger partial charge on any atom is 0.472 e. The standard InChI is InChI=1S/C29H52NO6P/c1-4-6-7-8-9-10-11-12-13-14-15-19-34-29-18-16-17-26(22-29)20-27(21-28(31)5-2)24-35-37(32,33)36-25(3)23-30/h16-18,22,25,27H,4-15,19-21,23-24,30H2,1-3H3,(H,32,33). The molecule has 1 aromatic rings. The van der Waals surface area contributed by atoms with E-state index < -0.39 is 13.9 Å². The zero-order chi connectivity index (χ0) is 27.4. The predicted molar refractivity (Wildman–Crippen MR) is 151 cm³/mol. The number of carbonyl (C=O) groups excluding carboxylic acids is 1. The summed E-state index contributed by atoms with van der Waals surface area (Å²) in [5.41, 5.74) is 6.46. The van der Waals surface area contributed by atoms with Crippen molar-refractivity contribution in [3.63, 3.8) is 0 Å². The van der Waals surface area contributed by atoms with Crippen molar-refractivity contribution >= 4 is 13.6 Å². The summed E-state index contributed by atoms with van der Waals surface area (Å²) in [5, 5.41) is 0. The highest BCUT2D eigenvalue weighted by Crippen LogP contribution is 2.45. The Morgan fingerprint density at radius 3 is 2.22 bits per heavy atom. The number of nitrogens with two attached hydrogens (primary N) is 1. The fourth-order valence-corrected chi connectivity index (χ4v) is 5.21. The minimum absolute atomic E-state index is 0.0549. The lowest BCUT2D eigenvalue weighted by Crippen LogP contribution is -2.21. The molecular weight excluding hydrogens is 489 g/mol. The first kappa shape index (κ1) is 33.8. The molecule has 0 aliphatic rings. The molecule has 0 aliphatic carbocycles. The van der Waals surface area contributed by atoms with E-state index >= 15 is 0 Å². The van der Waals surface area contributed by atoms with Crippen molar-refractivity contribution < 1.29 is 28.0 Å². The molecule has 7 nitrogen and oxygen atoms in total. The second kappa shape index (κ2) is 20.7. The summed E-state index contributed by atoms with van der Waals surface area (Å²) >= 11 is 0. The van der Waals surface area contributed by atoms with E-state index in [9.17, 15) is 14.3 Å². The van der Waals surface area contributed by atoms with Gasteiger partial charge in [-0.2, -0.15) is 0 Å². The minimum atomic E-state index is -4.24. The van der Waals surface area contributed by atoms with Crippen LogP contribution in [0.1, 0.15) is 110 Å². The summed E-state index contributed by atoms with van der Waals surface area (Å²) in [6.07, 6.45) is 14.9. The van der Waals surface area contributed by atoms with Gasteiger partial charge in [-0.15, -0.1) is 0 Å². The van der Waals surface area contributed by atoms with Crippen LogP contribution in [0.4, 0.5) is 0 Å². The number of phosphoric acid groups is 1. The fourth-order valence-electron chi connectivity index (χ4n) is 4.21. The van der Waals surface area contributed by atoms with Crippen LogP contribution in [0.3, 0.4) is 0 Å². The fraction of sp³-hybridized carbons (Fsp3) is 0.759. The third-order valence-electron chi connectivity index (χ3n) is 6.47. The van der Waals surface area contributed by atoms with Crippen LogP contribution in [-0.2, 0) is 24.8 Å². The highest BCUT2D eigenvalue weighted by atomic mass is 31.2. The molecule has 3 unspecified atom stereocenters. The first-order valence-corrected chi connectivity index (χ1v) is 15.9. The molecule has 37 heavy (non-hydrogen) atoms. The van der Waals surface area contributed by atoms with Gasteiger partial charge in [0.2, 0.25) is 0 Å². The zero-order valence-corrected chi connectivity index (χ0v) is 24.4. The SMILES string of the molecule is CCCCCCCCCCCCCOc1cccc(CC(COP(=O)(O)OC(C)CN)CC(=O)CC)c1. The van der Waals surface area contributed by atoms with Crippen molar-refractivity contribution in [1.82, 2.24) is 0 Å². The quantitative estimate of drug-likeness (QED) is 0.104. The summed E-state index contributed by atoms with van der Waals surface area (Å²) in [6, 6.07) is 7.83. The highest BCUT2D eigenvalue weighted by molar-refractivity contribution is 7.47. The van der Waals surface area contributed by atoms with E-state index in [0.29, 0.717) is 19.4 Å². The number of phosphoric ester groups is 1. The second-order valence-electron chi connectivity index (χ2n) is 10.1. The molecule has 0 heterocycles. The van der Waals surface area contributed by atoms with E-state index in [1.165, 1.54) is 64.2 Å². The van der Waals surface area contributed by atoms with Crippen molar-refractivity contribution in [2.75, 3.05) is 19.8 Å². The summed E-state index contributed by atoms with van der Waals surface area (Å²) in [5.74, 6) is 0.645. The first-order chi connectivity index (χ1) is 17.8. The molecule has 0 radical (unpaired) electrons. The molecule has 3 atom stereocenters. The van der Waals surface area contributed by atoms with E-state index in [4.69, 9.17) is 19.5 Å². The van der Waals surface area contributed by atoms with E-state index in [0.717, 1.165) is 17.7 Å². The third kappa shape index (κ3) is 17.8. The highest BCUT2D eigenvalue weighted by Gasteiger charge is 2.26. The molecule has 0 fully saturated rings. The number of ketones is 1. The number of carbonyl (C=O) groups is 1. The van der Waals surface area contributed by atoms with Gasteiger partial charge >= 0.3 is 7.82 Å². The van der Waals surface area contributed by atoms with E-state index in [-0.39, 0.29) is 31.3 Å². The van der Waals surface area contributed by atoms with Crippen LogP contribution >= 0.6 is 7.82 Å². The number of ether oxygens (including phenoxy) is 1. The summed E-state index contributed by atoms with van der Waals surface area (Å²) < 4.78 is 28.4. The van der Waals surface area contributed by atoms with Gasteiger partial charge in [0.25, 0.3) is 0 Å². The number of hydrogen-bond donors (Lipinski definition) is 2. The van der Waals surface area contributed by atoms with Crippen molar-refractivity contribution in [2.45, 2.75) is 117 Å².